The van der Waals surface area contributed by atoms with Crippen molar-refractivity contribution < 1.29 is 29.3 Å². The van der Waals surface area contributed by atoms with Crippen LogP contribution in [0.1, 0.15) is 128 Å². The highest BCUT2D eigenvalue weighted by Crippen LogP contribution is 2.57. The molecule has 0 saturated carbocycles. The third-order valence-electron chi connectivity index (χ3n) is 7.94. The highest BCUT2D eigenvalue weighted by molar-refractivity contribution is 6.20. The van der Waals surface area contributed by atoms with Crippen LogP contribution in [0.2, 0.25) is 0 Å². The number of ether oxygens (including phenoxy) is 1. The Bertz CT molecular complexity index is 1110. The summed E-state index contributed by atoms with van der Waals surface area (Å²) >= 11 is 0. The van der Waals surface area contributed by atoms with E-state index in [0.29, 0.717) is 24.0 Å². The lowest BCUT2D eigenvalue weighted by atomic mass is 9.59. The predicted molar refractivity (Wildman–Crippen MR) is 144 cm³/mol. The fraction of sp³-hybridized carbons (Fsp3) is 0.645. The van der Waals surface area contributed by atoms with Gasteiger partial charge in [0.05, 0.1) is 10.8 Å². The number of phenols is 2. The van der Waals surface area contributed by atoms with Gasteiger partial charge in [-0.05, 0) is 46.5 Å². The van der Waals surface area contributed by atoms with Crippen LogP contribution in [-0.4, -0.2) is 27.6 Å². The van der Waals surface area contributed by atoms with Gasteiger partial charge in [0.2, 0.25) is 0 Å². The first-order chi connectivity index (χ1) is 17.3. The fourth-order valence-corrected chi connectivity index (χ4v) is 5.93. The molecule has 2 N–H and O–H groups in total. The van der Waals surface area contributed by atoms with E-state index < -0.39 is 16.7 Å². The maximum absolute atomic E-state index is 13.7. The van der Waals surface area contributed by atoms with Crippen molar-refractivity contribution in [3.63, 3.8) is 0 Å². The van der Waals surface area contributed by atoms with Gasteiger partial charge in [-0.3, -0.25) is 14.4 Å². The van der Waals surface area contributed by atoms with Crippen molar-refractivity contribution in [2.24, 2.45) is 16.7 Å². The smallest absolute Gasteiger partial charge is 0.175 e. The Labute approximate surface area is 221 Å². The van der Waals surface area contributed by atoms with Gasteiger partial charge >= 0.3 is 0 Å². The summed E-state index contributed by atoms with van der Waals surface area (Å²) in [5, 5.41) is 22.2. The number of hydrogen-bond acceptors (Lipinski definition) is 6. The summed E-state index contributed by atoms with van der Waals surface area (Å²) in [6.45, 7) is 13.0. The molecule has 0 bridgehead atoms. The highest BCUT2D eigenvalue weighted by atomic mass is 16.5. The summed E-state index contributed by atoms with van der Waals surface area (Å²) in [6.07, 6.45) is 8.16. The van der Waals surface area contributed by atoms with E-state index >= 15 is 0 Å². The van der Waals surface area contributed by atoms with E-state index in [-0.39, 0.29) is 58.3 Å². The number of ketones is 3. The Morgan fingerprint density at radius 2 is 1.57 bits per heavy atom. The zero-order chi connectivity index (χ0) is 27.7. The minimum absolute atomic E-state index is 0.107. The zero-order valence-electron chi connectivity index (χ0n) is 23.6. The predicted octanol–water partition coefficient (Wildman–Crippen LogP) is 7.40. The van der Waals surface area contributed by atoms with E-state index in [0.717, 1.165) is 19.3 Å². The van der Waals surface area contributed by atoms with Crippen LogP contribution in [0.15, 0.2) is 17.4 Å². The molecule has 3 rings (SSSR count). The molecule has 0 amide bonds. The monoisotopic (exact) mass is 512 g/mol. The molecule has 1 heterocycles. The van der Waals surface area contributed by atoms with Gasteiger partial charge in [-0.1, -0.05) is 59.3 Å². The number of rotatable bonds is 11. The number of carbonyl (C=O) groups is 3. The lowest BCUT2D eigenvalue weighted by molar-refractivity contribution is -0.144. The molecule has 0 fully saturated rings. The quantitative estimate of drug-likeness (QED) is 0.182. The fourth-order valence-electron chi connectivity index (χ4n) is 5.93. The Balaban J connectivity index is 2.00. The summed E-state index contributed by atoms with van der Waals surface area (Å²) in [4.78, 5) is 40.1. The van der Waals surface area contributed by atoms with Crippen molar-refractivity contribution in [3.05, 3.63) is 28.5 Å². The molecule has 1 aliphatic heterocycles. The summed E-state index contributed by atoms with van der Waals surface area (Å²) in [5.41, 5.74) is -1.66. The first kappa shape index (κ1) is 28.9. The molecule has 1 unspecified atom stereocenters. The largest absolute Gasteiger partial charge is 0.507 e. The number of carbonyl (C=O) groups excluding carboxylic acids is 3. The highest BCUT2D eigenvalue weighted by Gasteiger charge is 2.57. The van der Waals surface area contributed by atoms with E-state index in [9.17, 15) is 24.6 Å². The molecule has 1 aliphatic carbocycles. The molecule has 1 atom stereocenters. The lowest BCUT2D eigenvalue weighted by Gasteiger charge is -2.45. The van der Waals surface area contributed by atoms with Crippen molar-refractivity contribution in [2.75, 3.05) is 0 Å². The van der Waals surface area contributed by atoms with Gasteiger partial charge in [0.25, 0.3) is 0 Å². The summed E-state index contributed by atoms with van der Waals surface area (Å²) in [6, 6.07) is 1.36. The SMILES string of the molecule is CCCCCCCCCC(=O)c1c(O)cc2c(c1O)C(CC(C)C)C1=C(O2)C(C)(C)C(=O)C(C)(C)C1=O. The Morgan fingerprint density at radius 3 is 2.16 bits per heavy atom. The first-order valence-corrected chi connectivity index (χ1v) is 13.9. The number of aromatic hydroxyl groups is 2. The molecule has 0 spiro atoms. The summed E-state index contributed by atoms with van der Waals surface area (Å²) in [7, 11) is 0. The van der Waals surface area contributed by atoms with Crippen LogP contribution < -0.4 is 4.74 Å². The number of phenolic OH excluding ortho intramolecular Hbond substituents is 2. The first-order valence-electron chi connectivity index (χ1n) is 13.9. The van der Waals surface area contributed by atoms with Crippen LogP contribution in [0, 0.1) is 16.7 Å². The average molecular weight is 513 g/mol. The molecule has 204 valence electrons. The maximum Gasteiger partial charge on any atom is 0.175 e. The lowest BCUT2D eigenvalue weighted by Crippen LogP contribution is -2.51. The number of unbranched alkanes of at least 4 members (excludes halogenated alkanes) is 6. The van der Waals surface area contributed by atoms with Gasteiger partial charge in [-0.2, -0.15) is 0 Å². The van der Waals surface area contributed by atoms with Gasteiger partial charge in [-0.15, -0.1) is 0 Å². The minimum Gasteiger partial charge on any atom is -0.507 e. The number of hydrogen-bond donors (Lipinski definition) is 2. The second-order valence-electron chi connectivity index (χ2n) is 12.3. The van der Waals surface area contributed by atoms with Gasteiger partial charge in [0.15, 0.2) is 17.3 Å². The maximum atomic E-state index is 13.7. The average Bonchev–Trinajstić information content (AvgIpc) is 2.80. The molecular formula is C31H44O6. The molecule has 2 aliphatic rings. The summed E-state index contributed by atoms with van der Waals surface area (Å²) in [5.74, 6) is -1.45. The molecule has 0 radical (unpaired) electrons. The van der Waals surface area contributed by atoms with Gasteiger partial charge in [-0.25, -0.2) is 0 Å². The Kier molecular flexibility index (Phi) is 8.60. The third kappa shape index (κ3) is 5.35. The van der Waals surface area contributed by atoms with Crippen LogP contribution in [0.25, 0.3) is 0 Å². The van der Waals surface area contributed by atoms with E-state index in [4.69, 9.17) is 4.74 Å². The van der Waals surface area contributed by atoms with Crippen molar-refractivity contribution in [2.45, 2.75) is 112 Å². The zero-order valence-corrected chi connectivity index (χ0v) is 23.6. The van der Waals surface area contributed by atoms with E-state index in [1.807, 2.05) is 13.8 Å². The number of allylic oxidation sites excluding steroid dienone is 2. The van der Waals surface area contributed by atoms with Crippen LogP contribution in [0.5, 0.6) is 17.2 Å². The van der Waals surface area contributed by atoms with Gasteiger partial charge in [0, 0.05) is 29.5 Å². The number of benzene rings is 1. The minimum atomic E-state index is -1.24. The number of fused-ring (bicyclic) bond motifs is 1. The third-order valence-corrected chi connectivity index (χ3v) is 7.94. The van der Waals surface area contributed by atoms with Crippen LogP contribution in [-0.2, 0) is 9.59 Å². The van der Waals surface area contributed by atoms with Crippen molar-refractivity contribution >= 4 is 17.3 Å². The topological polar surface area (TPSA) is 101 Å². The van der Waals surface area contributed by atoms with E-state index in [2.05, 4.69) is 6.92 Å². The molecule has 1 aromatic rings. The molecule has 0 aromatic heterocycles. The summed E-state index contributed by atoms with van der Waals surface area (Å²) < 4.78 is 6.15. The molecule has 6 heteroatoms. The van der Waals surface area contributed by atoms with E-state index in [1.54, 1.807) is 27.7 Å². The second-order valence-corrected chi connectivity index (χ2v) is 12.3. The Morgan fingerprint density at radius 1 is 0.973 bits per heavy atom. The standard InChI is InChI=1S/C31H44O6/c1-8-9-10-11-12-13-14-15-20(32)25-21(33)17-22-23(26(25)34)19(16-18(2)3)24-27(35)30(4,5)29(36)31(6,7)28(24)37-22/h17-19,33-34H,8-16H2,1-7H3. The van der Waals surface area contributed by atoms with Gasteiger partial charge < -0.3 is 14.9 Å². The van der Waals surface area contributed by atoms with Crippen molar-refractivity contribution in [1.82, 2.24) is 0 Å². The second kappa shape index (κ2) is 11.0. The molecule has 37 heavy (non-hydrogen) atoms. The molecule has 0 saturated heterocycles. The normalized spacial score (nSPS) is 20.1. The molecular weight excluding hydrogens is 468 g/mol. The van der Waals surface area contributed by atoms with Crippen LogP contribution in [0.3, 0.4) is 0 Å². The van der Waals surface area contributed by atoms with Crippen LogP contribution in [0.4, 0.5) is 0 Å². The van der Waals surface area contributed by atoms with Crippen LogP contribution >= 0.6 is 0 Å². The van der Waals surface area contributed by atoms with Crippen molar-refractivity contribution in [1.29, 1.82) is 0 Å². The number of Topliss-reactive ketones (excluding diaryl/α,β-unsaturated/α-hetero) is 3. The molecule has 6 nitrogen and oxygen atoms in total. The van der Waals surface area contributed by atoms with Crippen molar-refractivity contribution in [3.8, 4) is 17.2 Å². The molecule has 1 aromatic carbocycles. The van der Waals surface area contributed by atoms with E-state index in [1.165, 1.54) is 25.3 Å². The van der Waals surface area contributed by atoms with Gasteiger partial charge in [0.1, 0.15) is 28.6 Å². The Hall–Kier alpha value is -2.63.